The van der Waals surface area contributed by atoms with Crippen molar-refractivity contribution >= 4 is 17.2 Å². The average molecular weight is 389 g/mol. The highest BCUT2D eigenvalue weighted by Gasteiger charge is 2.15. The Balaban J connectivity index is 1.80. The summed E-state index contributed by atoms with van der Waals surface area (Å²) in [5.41, 5.74) is 1.35. The second-order valence-electron chi connectivity index (χ2n) is 5.51. The van der Waals surface area contributed by atoms with Gasteiger partial charge in [-0.1, -0.05) is 12.1 Å². The molecule has 4 aromatic rings. The molecule has 0 spiro atoms. The van der Waals surface area contributed by atoms with Gasteiger partial charge in [-0.2, -0.15) is 4.52 Å². The molecule has 6 nitrogen and oxygen atoms in total. The van der Waals surface area contributed by atoms with Crippen LogP contribution in [-0.4, -0.2) is 26.9 Å². The molecule has 4 rings (SSSR count). The average Bonchev–Trinajstić information content (AvgIpc) is 3.05. The molecule has 9 heteroatoms. The zero-order valence-electron chi connectivity index (χ0n) is 13.9. The summed E-state index contributed by atoms with van der Waals surface area (Å²) < 4.78 is 39.9. The van der Waals surface area contributed by atoms with E-state index in [1.165, 1.54) is 17.7 Å². The second kappa shape index (κ2) is 6.81. The number of ether oxygens (including phenoxy) is 2. The van der Waals surface area contributed by atoms with Crippen LogP contribution in [0.5, 0.6) is 17.4 Å². The van der Waals surface area contributed by atoms with Crippen LogP contribution >= 0.6 is 11.6 Å². The predicted molar refractivity (Wildman–Crippen MR) is 94.2 cm³/mol. The summed E-state index contributed by atoms with van der Waals surface area (Å²) in [6.45, 7) is 0. The minimum Gasteiger partial charge on any atom is -0.497 e. The van der Waals surface area contributed by atoms with E-state index in [0.29, 0.717) is 22.5 Å². The Labute approximate surface area is 156 Å². The molecule has 136 valence electrons. The molecule has 2 aromatic heterocycles. The molecule has 0 saturated heterocycles. The third-order valence-corrected chi connectivity index (χ3v) is 4.05. The van der Waals surface area contributed by atoms with Crippen molar-refractivity contribution in [1.82, 2.24) is 19.8 Å². The SMILES string of the molecule is COc1cccc(-c2cc(F)c(F)cc2Oc2ccc3nnc(Cl)n3n2)c1. The lowest BCUT2D eigenvalue weighted by Gasteiger charge is -2.12. The zero-order chi connectivity index (χ0) is 19.0. The first-order chi connectivity index (χ1) is 13.0. The van der Waals surface area contributed by atoms with Gasteiger partial charge in [0.05, 0.1) is 7.11 Å². The maximum absolute atomic E-state index is 13.9. The molecule has 0 atom stereocenters. The van der Waals surface area contributed by atoms with E-state index in [9.17, 15) is 8.78 Å². The van der Waals surface area contributed by atoms with E-state index in [4.69, 9.17) is 21.1 Å². The van der Waals surface area contributed by atoms with Crippen molar-refractivity contribution in [2.75, 3.05) is 7.11 Å². The Morgan fingerprint density at radius 1 is 1.00 bits per heavy atom. The lowest BCUT2D eigenvalue weighted by molar-refractivity contribution is 0.415. The summed E-state index contributed by atoms with van der Waals surface area (Å²) >= 11 is 5.90. The number of hydrogen-bond acceptors (Lipinski definition) is 5. The Hall–Kier alpha value is -3.26. The molecule has 2 aromatic carbocycles. The van der Waals surface area contributed by atoms with Gasteiger partial charge >= 0.3 is 0 Å². The van der Waals surface area contributed by atoms with Crippen molar-refractivity contribution in [3.63, 3.8) is 0 Å². The van der Waals surface area contributed by atoms with Crippen molar-refractivity contribution < 1.29 is 18.3 Å². The molecular formula is C18H11ClF2N4O2. The Morgan fingerprint density at radius 3 is 2.63 bits per heavy atom. The van der Waals surface area contributed by atoms with Crippen molar-refractivity contribution in [1.29, 1.82) is 0 Å². The first-order valence-corrected chi connectivity index (χ1v) is 8.12. The number of benzene rings is 2. The van der Waals surface area contributed by atoms with E-state index >= 15 is 0 Å². The van der Waals surface area contributed by atoms with Gasteiger partial charge in [0.25, 0.3) is 0 Å². The number of rotatable bonds is 4. The lowest BCUT2D eigenvalue weighted by atomic mass is 10.0. The number of hydrogen-bond donors (Lipinski definition) is 0. The molecule has 0 fully saturated rings. The topological polar surface area (TPSA) is 61.5 Å². The molecular weight excluding hydrogens is 378 g/mol. The minimum absolute atomic E-state index is 0.0498. The van der Waals surface area contributed by atoms with Gasteiger partial charge in [-0.25, -0.2) is 8.78 Å². The molecule has 0 aliphatic heterocycles. The van der Waals surface area contributed by atoms with Crippen LogP contribution in [-0.2, 0) is 0 Å². The van der Waals surface area contributed by atoms with Crippen molar-refractivity contribution in [3.8, 4) is 28.5 Å². The first kappa shape index (κ1) is 17.2. The van der Waals surface area contributed by atoms with E-state index in [1.54, 1.807) is 30.3 Å². The molecule has 0 saturated carbocycles. The lowest BCUT2D eigenvalue weighted by Crippen LogP contribution is -1.98. The molecule has 0 unspecified atom stereocenters. The highest BCUT2D eigenvalue weighted by atomic mass is 35.5. The number of nitrogens with zero attached hydrogens (tertiary/aromatic N) is 4. The summed E-state index contributed by atoms with van der Waals surface area (Å²) in [7, 11) is 1.52. The van der Waals surface area contributed by atoms with Crippen LogP contribution in [0.2, 0.25) is 5.28 Å². The fourth-order valence-electron chi connectivity index (χ4n) is 2.54. The highest BCUT2D eigenvalue weighted by molar-refractivity contribution is 6.28. The van der Waals surface area contributed by atoms with Gasteiger partial charge < -0.3 is 9.47 Å². The molecule has 27 heavy (non-hydrogen) atoms. The second-order valence-corrected chi connectivity index (χ2v) is 5.85. The summed E-state index contributed by atoms with van der Waals surface area (Å²) in [6, 6.07) is 12.0. The highest BCUT2D eigenvalue weighted by Crippen LogP contribution is 2.36. The largest absolute Gasteiger partial charge is 0.497 e. The van der Waals surface area contributed by atoms with Gasteiger partial charge in [-0.05, 0) is 41.4 Å². The molecule has 2 heterocycles. The summed E-state index contributed by atoms with van der Waals surface area (Å²) in [5, 5.41) is 11.7. The van der Waals surface area contributed by atoms with E-state index in [2.05, 4.69) is 15.3 Å². The smallest absolute Gasteiger partial charge is 0.246 e. The molecule has 0 N–H and O–H groups in total. The number of methoxy groups -OCH3 is 1. The Kier molecular flexibility index (Phi) is 4.33. The summed E-state index contributed by atoms with van der Waals surface area (Å²) in [5.74, 6) is -1.28. The van der Waals surface area contributed by atoms with Crippen LogP contribution in [0.4, 0.5) is 8.78 Å². The van der Waals surface area contributed by atoms with Gasteiger partial charge in [0.1, 0.15) is 11.5 Å². The van der Waals surface area contributed by atoms with Crippen LogP contribution in [0, 0.1) is 11.6 Å². The van der Waals surface area contributed by atoms with Crippen molar-refractivity contribution in [2.45, 2.75) is 0 Å². The first-order valence-electron chi connectivity index (χ1n) is 7.74. The maximum atomic E-state index is 13.9. The monoisotopic (exact) mass is 388 g/mol. The van der Waals surface area contributed by atoms with Gasteiger partial charge in [-0.15, -0.1) is 15.3 Å². The Morgan fingerprint density at radius 2 is 1.81 bits per heavy atom. The molecule has 0 amide bonds. The van der Waals surface area contributed by atoms with Crippen molar-refractivity contribution in [3.05, 3.63) is 65.4 Å². The summed E-state index contributed by atoms with van der Waals surface area (Å²) in [6.07, 6.45) is 0. The Bertz CT molecular complexity index is 1150. The van der Waals surface area contributed by atoms with E-state index < -0.39 is 11.6 Å². The molecule has 0 radical (unpaired) electrons. The number of fused-ring (bicyclic) bond motifs is 1. The van der Waals surface area contributed by atoms with E-state index in [-0.39, 0.29) is 16.9 Å². The number of aromatic nitrogens is 4. The predicted octanol–water partition coefficient (Wildman–Crippen LogP) is 4.52. The fourth-order valence-corrected chi connectivity index (χ4v) is 2.70. The standard InChI is InChI=1S/C18H11ClF2N4O2/c1-26-11-4-2-3-10(7-11)12-8-13(20)14(21)9-15(12)27-17-6-5-16-22-23-18(19)25(16)24-17/h2-9H,1H3. The zero-order valence-corrected chi connectivity index (χ0v) is 14.6. The molecule has 0 bridgehead atoms. The normalized spacial score (nSPS) is 11.0. The quantitative estimate of drug-likeness (QED) is 0.514. The van der Waals surface area contributed by atoms with Crippen LogP contribution in [0.3, 0.4) is 0 Å². The van der Waals surface area contributed by atoms with Gasteiger partial charge in [0, 0.05) is 17.7 Å². The maximum Gasteiger partial charge on any atom is 0.246 e. The fraction of sp³-hybridized carbons (Fsp3) is 0.0556. The summed E-state index contributed by atoms with van der Waals surface area (Å²) in [4.78, 5) is 0. The minimum atomic E-state index is -1.04. The van der Waals surface area contributed by atoms with E-state index in [0.717, 1.165) is 12.1 Å². The van der Waals surface area contributed by atoms with E-state index in [1.807, 2.05) is 0 Å². The van der Waals surface area contributed by atoms with Gasteiger partial charge in [-0.3, -0.25) is 0 Å². The van der Waals surface area contributed by atoms with Crippen molar-refractivity contribution in [2.24, 2.45) is 0 Å². The van der Waals surface area contributed by atoms with Crippen LogP contribution in [0.1, 0.15) is 0 Å². The van der Waals surface area contributed by atoms with Crippen LogP contribution < -0.4 is 9.47 Å². The van der Waals surface area contributed by atoms with Crippen LogP contribution in [0.25, 0.3) is 16.8 Å². The van der Waals surface area contributed by atoms with Gasteiger partial charge in [0.2, 0.25) is 11.2 Å². The molecule has 0 aliphatic rings. The van der Waals surface area contributed by atoms with Gasteiger partial charge in [0.15, 0.2) is 17.3 Å². The third kappa shape index (κ3) is 3.26. The molecule has 0 aliphatic carbocycles. The van der Waals surface area contributed by atoms with Crippen LogP contribution in [0.15, 0.2) is 48.5 Å². The number of halogens is 3. The third-order valence-electron chi connectivity index (χ3n) is 3.82.